The molecule has 6 heteroatoms. The maximum atomic E-state index is 12.4. The Morgan fingerprint density at radius 2 is 1.65 bits per heavy atom. The van der Waals surface area contributed by atoms with Crippen LogP contribution >= 0.6 is 0 Å². The van der Waals surface area contributed by atoms with Crippen LogP contribution < -0.4 is 14.8 Å². The third-order valence-electron chi connectivity index (χ3n) is 5.65. The first kappa shape index (κ1) is 22.8. The predicted molar refractivity (Wildman–Crippen MR) is 121 cm³/mol. The molecule has 0 aromatic heterocycles. The van der Waals surface area contributed by atoms with E-state index in [9.17, 15) is 9.59 Å². The third kappa shape index (κ3) is 6.82. The van der Waals surface area contributed by atoms with Crippen molar-refractivity contribution in [3.05, 3.63) is 59.7 Å². The van der Waals surface area contributed by atoms with Crippen LogP contribution in [0.15, 0.2) is 48.5 Å². The fraction of sp³-hybridized carbons (Fsp3) is 0.440. The molecule has 0 unspecified atom stereocenters. The van der Waals surface area contributed by atoms with E-state index in [1.54, 1.807) is 31.4 Å². The Kier molecular flexibility index (Phi) is 8.47. The molecule has 1 atom stereocenters. The topological polar surface area (TPSA) is 67.9 Å². The Balaban J connectivity index is 1.44. The van der Waals surface area contributed by atoms with Crippen LogP contribution in [0.5, 0.6) is 11.5 Å². The summed E-state index contributed by atoms with van der Waals surface area (Å²) < 4.78 is 10.9. The minimum Gasteiger partial charge on any atom is -0.497 e. The molecule has 1 fully saturated rings. The quantitative estimate of drug-likeness (QED) is 0.436. The van der Waals surface area contributed by atoms with Crippen molar-refractivity contribution in [1.82, 2.24) is 10.2 Å². The minimum atomic E-state index is 0.0325. The van der Waals surface area contributed by atoms with Gasteiger partial charge in [-0.05, 0) is 81.2 Å². The number of nitrogens with one attached hydrogen (secondary N) is 1. The normalized spacial score (nSPS) is 14.8. The molecule has 1 aliphatic rings. The van der Waals surface area contributed by atoms with Gasteiger partial charge < -0.3 is 14.8 Å². The van der Waals surface area contributed by atoms with Gasteiger partial charge in [-0.15, -0.1) is 0 Å². The van der Waals surface area contributed by atoms with Gasteiger partial charge in [0.2, 0.25) is 5.91 Å². The lowest BCUT2D eigenvalue weighted by Crippen LogP contribution is -2.36. The van der Waals surface area contributed by atoms with Crippen LogP contribution in [0.4, 0.5) is 0 Å². The molecule has 2 aromatic carbocycles. The summed E-state index contributed by atoms with van der Waals surface area (Å²) in [6.45, 7) is 4.71. The van der Waals surface area contributed by atoms with Crippen molar-refractivity contribution >= 4 is 11.7 Å². The van der Waals surface area contributed by atoms with Crippen LogP contribution in [0.3, 0.4) is 0 Å². The van der Waals surface area contributed by atoms with E-state index in [4.69, 9.17) is 9.47 Å². The van der Waals surface area contributed by atoms with Crippen molar-refractivity contribution in [2.45, 2.75) is 38.6 Å². The molecule has 0 saturated carbocycles. The highest BCUT2D eigenvalue weighted by Gasteiger charge is 2.24. The lowest BCUT2D eigenvalue weighted by Gasteiger charge is -2.28. The Bertz CT molecular complexity index is 843. The zero-order chi connectivity index (χ0) is 22.1. The van der Waals surface area contributed by atoms with Crippen molar-refractivity contribution in [2.75, 3.05) is 33.4 Å². The first-order chi connectivity index (χ1) is 15.1. The molecule has 6 nitrogen and oxygen atoms in total. The van der Waals surface area contributed by atoms with E-state index >= 15 is 0 Å². The molecule has 0 radical (unpaired) electrons. The molecule has 1 heterocycles. The number of carbonyl (C=O) groups is 2. The summed E-state index contributed by atoms with van der Waals surface area (Å²) in [7, 11) is 1.66. The molecule has 1 N–H and O–H groups in total. The number of nitrogens with zero attached hydrogens (tertiary/aromatic N) is 1. The van der Waals surface area contributed by atoms with Gasteiger partial charge in [-0.1, -0.05) is 12.1 Å². The molecule has 1 amide bonds. The van der Waals surface area contributed by atoms with Crippen LogP contribution in [0.1, 0.15) is 54.6 Å². The van der Waals surface area contributed by atoms with Crippen LogP contribution in [0.25, 0.3) is 0 Å². The third-order valence-corrected chi connectivity index (χ3v) is 5.65. The number of rotatable bonds is 11. The Labute approximate surface area is 184 Å². The number of methoxy groups -OCH3 is 1. The summed E-state index contributed by atoms with van der Waals surface area (Å²) in [5.74, 6) is 1.61. The predicted octanol–water partition coefficient (Wildman–Crippen LogP) is 4.01. The second-order valence-electron chi connectivity index (χ2n) is 7.87. The Morgan fingerprint density at radius 1 is 1.00 bits per heavy atom. The molecule has 3 rings (SSSR count). The van der Waals surface area contributed by atoms with E-state index in [0.717, 1.165) is 18.8 Å². The molecule has 166 valence electrons. The lowest BCUT2D eigenvalue weighted by molar-refractivity contribution is -0.121. The second-order valence-corrected chi connectivity index (χ2v) is 7.87. The van der Waals surface area contributed by atoms with E-state index in [1.807, 2.05) is 12.1 Å². The summed E-state index contributed by atoms with van der Waals surface area (Å²) >= 11 is 0. The summed E-state index contributed by atoms with van der Waals surface area (Å²) in [6.07, 6.45) is 3.45. The van der Waals surface area contributed by atoms with E-state index in [1.165, 1.54) is 25.3 Å². The maximum Gasteiger partial charge on any atom is 0.220 e. The van der Waals surface area contributed by atoms with Gasteiger partial charge >= 0.3 is 0 Å². The minimum absolute atomic E-state index is 0.0325. The smallest absolute Gasteiger partial charge is 0.220 e. The number of likely N-dealkylation sites (tertiary alicyclic amines) is 1. The molecular weight excluding hydrogens is 392 g/mol. The van der Waals surface area contributed by atoms with E-state index in [-0.39, 0.29) is 17.7 Å². The number of amides is 1. The van der Waals surface area contributed by atoms with Gasteiger partial charge in [0.25, 0.3) is 0 Å². The number of benzene rings is 2. The zero-order valence-electron chi connectivity index (χ0n) is 18.4. The number of hydrogen-bond donors (Lipinski definition) is 1. The van der Waals surface area contributed by atoms with Crippen LogP contribution in [0, 0.1) is 0 Å². The zero-order valence-corrected chi connectivity index (χ0v) is 18.4. The highest BCUT2D eigenvalue weighted by atomic mass is 16.5. The average molecular weight is 425 g/mol. The summed E-state index contributed by atoms with van der Waals surface area (Å²) in [5.41, 5.74) is 1.86. The monoisotopic (exact) mass is 424 g/mol. The molecule has 1 saturated heterocycles. The van der Waals surface area contributed by atoms with E-state index < -0.39 is 0 Å². The molecule has 2 aromatic rings. The first-order valence-electron chi connectivity index (χ1n) is 11.0. The molecule has 0 aliphatic carbocycles. The van der Waals surface area contributed by atoms with Crippen molar-refractivity contribution in [3.63, 3.8) is 0 Å². The van der Waals surface area contributed by atoms with Gasteiger partial charge in [-0.3, -0.25) is 14.5 Å². The number of carbonyl (C=O) groups excluding carboxylic acids is 2. The second kappa shape index (κ2) is 11.5. The largest absolute Gasteiger partial charge is 0.497 e. The summed E-state index contributed by atoms with van der Waals surface area (Å²) in [4.78, 5) is 26.1. The maximum absolute atomic E-state index is 12.4. The SMILES string of the molecule is COc1ccc([C@@H](CNC(=O)CCCOc2ccc(C(C)=O)cc2)N2CCCC2)cc1. The van der Waals surface area contributed by atoms with Crippen molar-refractivity contribution in [2.24, 2.45) is 0 Å². The van der Waals surface area contributed by atoms with E-state index in [2.05, 4.69) is 22.3 Å². The molecule has 31 heavy (non-hydrogen) atoms. The van der Waals surface area contributed by atoms with E-state index in [0.29, 0.717) is 37.3 Å². The van der Waals surface area contributed by atoms with Gasteiger partial charge in [-0.25, -0.2) is 0 Å². The van der Waals surface area contributed by atoms with Gasteiger partial charge in [0.05, 0.1) is 19.8 Å². The Hall–Kier alpha value is -2.86. The molecular formula is C25H32N2O4. The number of Topliss-reactive ketones (excluding diaryl/α,β-unsaturated/α-hetero) is 1. The summed E-state index contributed by atoms with van der Waals surface area (Å²) in [6, 6.07) is 15.4. The van der Waals surface area contributed by atoms with Crippen molar-refractivity contribution in [3.8, 4) is 11.5 Å². The van der Waals surface area contributed by atoms with Crippen molar-refractivity contribution < 1.29 is 19.1 Å². The fourth-order valence-corrected chi connectivity index (χ4v) is 3.84. The summed E-state index contributed by atoms with van der Waals surface area (Å²) in [5, 5.41) is 3.10. The molecule has 1 aliphatic heterocycles. The number of hydrogen-bond acceptors (Lipinski definition) is 5. The van der Waals surface area contributed by atoms with Crippen molar-refractivity contribution in [1.29, 1.82) is 0 Å². The molecule has 0 bridgehead atoms. The van der Waals surface area contributed by atoms with Gasteiger partial charge in [-0.2, -0.15) is 0 Å². The lowest BCUT2D eigenvalue weighted by atomic mass is 10.1. The molecule has 0 spiro atoms. The number of ketones is 1. The van der Waals surface area contributed by atoms with Gasteiger partial charge in [0, 0.05) is 18.5 Å². The highest BCUT2D eigenvalue weighted by molar-refractivity contribution is 5.94. The Morgan fingerprint density at radius 3 is 2.26 bits per heavy atom. The van der Waals surface area contributed by atoms with Crippen LogP contribution in [-0.2, 0) is 4.79 Å². The first-order valence-corrected chi connectivity index (χ1v) is 11.0. The van der Waals surface area contributed by atoms with Crippen LogP contribution in [0.2, 0.25) is 0 Å². The number of ether oxygens (including phenoxy) is 2. The fourth-order valence-electron chi connectivity index (χ4n) is 3.84. The van der Waals surface area contributed by atoms with Crippen LogP contribution in [-0.4, -0.2) is 49.9 Å². The average Bonchev–Trinajstić information content (AvgIpc) is 3.32. The van der Waals surface area contributed by atoms with Gasteiger partial charge in [0.15, 0.2) is 5.78 Å². The highest BCUT2D eigenvalue weighted by Crippen LogP contribution is 2.26. The van der Waals surface area contributed by atoms with Gasteiger partial charge in [0.1, 0.15) is 11.5 Å². The standard InChI is InChI=1S/C25H32N2O4/c1-19(28)20-7-13-23(14-8-20)31-17-5-6-25(29)26-18-24(27-15-3-4-16-27)21-9-11-22(30-2)12-10-21/h7-14,24H,3-6,15-18H2,1-2H3,(H,26,29)/t24-/m1/s1.